The number of morpholine rings is 1. The van der Waals surface area contributed by atoms with Crippen molar-refractivity contribution in [3.8, 4) is 0 Å². The van der Waals surface area contributed by atoms with Crippen molar-refractivity contribution in [1.29, 1.82) is 0 Å². The number of aromatic amines is 1. The number of para-hydroxylation sites is 1. The Kier molecular flexibility index (Phi) is 5.90. The number of Topliss-reactive ketones (excluding diaryl/α,β-unsaturated/α-hetero) is 1. The first-order chi connectivity index (χ1) is 14.9. The molecule has 9 heteroatoms. The molecule has 1 aliphatic heterocycles. The van der Waals surface area contributed by atoms with E-state index >= 15 is 0 Å². The largest absolute Gasteiger partial charge is 0.451 e. The molecule has 1 aromatic heterocycles. The van der Waals surface area contributed by atoms with Gasteiger partial charge in [0.25, 0.3) is 0 Å². The van der Waals surface area contributed by atoms with Crippen LogP contribution in [0.3, 0.4) is 0 Å². The number of esters is 1. The molecule has 0 saturated carbocycles. The van der Waals surface area contributed by atoms with E-state index in [9.17, 15) is 18.0 Å². The second-order valence-corrected chi connectivity index (χ2v) is 9.14. The number of nitrogens with one attached hydrogen (secondary N) is 1. The van der Waals surface area contributed by atoms with Gasteiger partial charge >= 0.3 is 5.97 Å². The number of carbonyl (C=O) groups excluding carboxylic acids is 2. The molecule has 1 aliphatic rings. The smallest absolute Gasteiger partial charge is 0.338 e. The van der Waals surface area contributed by atoms with E-state index in [0.717, 1.165) is 10.9 Å². The number of aromatic nitrogens is 1. The number of H-pyrrole nitrogens is 1. The van der Waals surface area contributed by atoms with Crippen LogP contribution in [0.5, 0.6) is 0 Å². The molecular weight excluding hydrogens is 420 g/mol. The lowest BCUT2D eigenvalue weighted by Gasteiger charge is -2.26. The van der Waals surface area contributed by atoms with Crippen LogP contribution in [0.25, 0.3) is 10.9 Å². The van der Waals surface area contributed by atoms with E-state index in [4.69, 9.17) is 9.47 Å². The van der Waals surface area contributed by atoms with Gasteiger partial charge in [-0.25, -0.2) is 13.2 Å². The Balaban J connectivity index is 1.45. The first-order valence-electron chi connectivity index (χ1n) is 9.87. The second kappa shape index (κ2) is 8.62. The van der Waals surface area contributed by atoms with Crippen LogP contribution >= 0.6 is 0 Å². The monoisotopic (exact) mass is 442 g/mol. The molecule has 2 heterocycles. The summed E-state index contributed by atoms with van der Waals surface area (Å²) in [4.78, 5) is 28.4. The van der Waals surface area contributed by atoms with Crippen molar-refractivity contribution in [1.82, 2.24) is 9.29 Å². The van der Waals surface area contributed by atoms with Crippen LogP contribution in [0, 0.1) is 0 Å². The van der Waals surface area contributed by atoms with E-state index in [1.165, 1.54) is 35.5 Å². The summed E-state index contributed by atoms with van der Waals surface area (Å²) in [6.45, 7) is 2.80. The zero-order chi connectivity index (χ0) is 22.0. The molecule has 0 unspecified atom stereocenters. The number of nitrogens with zero attached hydrogens (tertiary/aromatic N) is 1. The van der Waals surface area contributed by atoms with Gasteiger partial charge in [-0.1, -0.05) is 18.2 Å². The topological polar surface area (TPSA) is 106 Å². The third-order valence-electron chi connectivity index (χ3n) is 5.21. The molecule has 2 aromatic carbocycles. The highest BCUT2D eigenvalue weighted by Gasteiger charge is 2.27. The fourth-order valence-electron chi connectivity index (χ4n) is 3.48. The first-order valence-corrected chi connectivity index (χ1v) is 11.3. The summed E-state index contributed by atoms with van der Waals surface area (Å²) in [6, 6.07) is 12.9. The van der Waals surface area contributed by atoms with Crippen molar-refractivity contribution < 1.29 is 27.5 Å². The maximum absolute atomic E-state index is 12.8. The predicted molar refractivity (Wildman–Crippen MR) is 114 cm³/mol. The maximum Gasteiger partial charge on any atom is 0.338 e. The summed E-state index contributed by atoms with van der Waals surface area (Å²) in [5.74, 6) is -1.02. The van der Waals surface area contributed by atoms with Crippen molar-refractivity contribution in [2.24, 2.45) is 0 Å². The van der Waals surface area contributed by atoms with E-state index in [2.05, 4.69) is 4.98 Å². The summed E-state index contributed by atoms with van der Waals surface area (Å²) in [5.41, 5.74) is 1.43. The Morgan fingerprint density at radius 1 is 1.06 bits per heavy atom. The van der Waals surface area contributed by atoms with Crippen molar-refractivity contribution in [3.63, 3.8) is 0 Å². The van der Waals surface area contributed by atoms with Crippen LogP contribution in [-0.2, 0) is 19.5 Å². The van der Waals surface area contributed by atoms with Crippen molar-refractivity contribution in [3.05, 3.63) is 65.9 Å². The van der Waals surface area contributed by atoms with Crippen LogP contribution in [0.15, 0.2) is 59.6 Å². The van der Waals surface area contributed by atoms with Crippen molar-refractivity contribution in [2.45, 2.75) is 17.9 Å². The zero-order valence-electron chi connectivity index (χ0n) is 16.9. The number of hydrogen-bond donors (Lipinski definition) is 1. The van der Waals surface area contributed by atoms with E-state index in [-0.39, 0.29) is 16.2 Å². The third-order valence-corrected chi connectivity index (χ3v) is 7.12. The van der Waals surface area contributed by atoms with Gasteiger partial charge in [0.2, 0.25) is 15.8 Å². The summed E-state index contributed by atoms with van der Waals surface area (Å²) in [5, 5.41) is 0.757. The van der Waals surface area contributed by atoms with Crippen molar-refractivity contribution >= 4 is 32.7 Å². The molecule has 31 heavy (non-hydrogen) atoms. The second-order valence-electron chi connectivity index (χ2n) is 7.20. The van der Waals surface area contributed by atoms with Crippen LogP contribution in [0.1, 0.15) is 27.6 Å². The number of carbonyl (C=O) groups is 2. The lowest BCUT2D eigenvalue weighted by atomic mass is 10.1. The number of benzene rings is 2. The summed E-state index contributed by atoms with van der Waals surface area (Å²) >= 11 is 0. The van der Waals surface area contributed by atoms with Gasteiger partial charge in [-0.2, -0.15) is 4.31 Å². The highest BCUT2D eigenvalue weighted by atomic mass is 32.2. The van der Waals surface area contributed by atoms with Gasteiger partial charge in [-0.15, -0.1) is 0 Å². The van der Waals surface area contributed by atoms with Gasteiger partial charge in [-0.3, -0.25) is 4.79 Å². The van der Waals surface area contributed by atoms with Gasteiger partial charge in [-0.05, 0) is 37.3 Å². The lowest BCUT2D eigenvalue weighted by molar-refractivity contribution is 0.0319. The van der Waals surface area contributed by atoms with E-state index in [1.54, 1.807) is 6.20 Å². The number of rotatable bonds is 6. The first kappa shape index (κ1) is 21.2. The molecular formula is C22H22N2O6S. The number of sulfonamides is 1. The fraction of sp³-hybridized carbons (Fsp3) is 0.273. The molecule has 4 rings (SSSR count). The Bertz CT molecular complexity index is 1210. The predicted octanol–water partition coefficient (Wildman–Crippen LogP) is 2.62. The highest BCUT2D eigenvalue weighted by Crippen LogP contribution is 2.21. The van der Waals surface area contributed by atoms with Crippen LogP contribution in [0.4, 0.5) is 0 Å². The van der Waals surface area contributed by atoms with Crippen molar-refractivity contribution in [2.75, 3.05) is 26.3 Å². The van der Waals surface area contributed by atoms with Gasteiger partial charge in [0.15, 0.2) is 6.10 Å². The molecule has 1 saturated heterocycles. The van der Waals surface area contributed by atoms with E-state index < -0.39 is 22.1 Å². The molecule has 0 aliphatic carbocycles. The number of hydrogen-bond acceptors (Lipinski definition) is 6. The molecule has 8 nitrogen and oxygen atoms in total. The quantitative estimate of drug-likeness (QED) is 0.465. The zero-order valence-corrected chi connectivity index (χ0v) is 17.7. The van der Waals surface area contributed by atoms with E-state index in [1.807, 2.05) is 24.3 Å². The molecule has 0 bridgehead atoms. The SMILES string of the molecule is C[C@H](OC(=O)c1ccc(S(=O)(=O)N2CCOCC2)cc1)C(=O)c1c[nH]c2ccccc12. The summed E-state index contributed by atoms with van der Waals surface area (Å²) in [6.07, 6.45) is 0.603. The molecule has 1 atom stereocenters. The molecule has 0 spiro atoms. The van der Waals surface area contributed by atoms with Gasteiger partial charge in [0, 0.05) is 35.8 Å². The Morgan fingerprint density at radius 2 is 1.74 bits per heavy atom. The minimum Gasteiger partial charge on any atom is -0.451 e. The Hall–Kier alpha value is -3.01. The highest BCUT2D eigenvalue weighted by molar-refractivity contribution is 7.89. The summed E-state index contributed by atoms with van der Waals surface area (Å²) < 4.78 is 37.2. The number of ketones is 1. The molecule has 0 amide bonds. The Morgan fingerprint density at radius 3 is 2.45 bits per heavy atom. The van der Waals surface area contributed by atoms with E-state index in [0.29, 0.717) is 31.9 Å². The molecule has 1 fully saturated rings. The lowest BCUT2D eigenvalue weighted by Crippen LogP contribution is -2.40. The molecule has 0 radical (unpaired) electrons. The van der Waals surface area contributed by atoms with Gasteiger partial charge < -0.3 is 14.5 Å². The standard InChI is InChI=1S/C22H22N2O6S/c1-15(21(25)19-14-23-20-5-3-2-4-18(19)20)30-22(26)16-6-8-17(9-7-16)31(27,28)24-10-12-29-13-11-24/h2-9,14-15,23H,10-13H2,1H3/t15-/m0/s1. The normalized spacial score (nSPS) is 16.2. The third kappa shape index (κ3) is 4.25. The maximum atomic E-state index is 12.8. The minimum atomic E-state index is -3.65. The molecule has 162 valence electrons. The van der Waals surface area contributed by atoms with Gasteiger partial charge in [0.1, 0.15) is 0 Å². The fourth-order valence-corrected chi connectivity index (χ4v) is 4.88. The molecule has 3 aromatic rings. The van der Waals surface area contributed by atoms with Crippen LogP contribution in [-0.4, -0.2) is 61.9 Å². The minimum absolute atomic E-state index is 0.0915. The summed E-state index contributed by atoms with van der Waals surface area (Å²) in [7, 11) is -3.65. The Labute approximate surface area is 179 Å². The number of ether oxygens (including phenoxy) is 2. The average Bonchev–Trinajstić information content (AvgIpc) is 3.23. The number of fused-ring (bicyclic) bond motifs is 1. The van der Waals surface area contributed by atoms with Gasteiger partial charge in [0.05, 0.1) is 23.7 Å². The van der Waals surface area contributed by atoms with Crippen LogP contribution < -0.4 is 0 Å². The molecule has 1 N–H and O–H groups in total. The van der Waals surface area contributed by atoms with Crippen LogP contribution in [0.2, 0.25) is 0 Å². The average molecular weight is 442 g/mol.